The number of carboxylic acid groups (broad SMARTS) is 1. The molecule has 2 aliphatic heterocycles. The molecule has 10 nitrogen and oxygen atoms in total. The van der Waals surface area contributed by atoms with Crippen LogP contribution in [0.4, 0.5) is 9.18 Å². The van der Waals surface area contributed by atoms with Crippen LogP contribution in [-0.4, -0.2) is 72.6 Å². The van der Waals surface area contributed by atoms with Crippen LogP contribution in [0.1, 0.15) is 41.1 Å². The number of thiazole rings is 1. The first kappa shape index (κ1) is 25.6. The van der Waals surface area contributed by atoms with Gasteiger partial charge in [0.15, 0.2) is 17.1 Å². The summed E-state index contributed by atoms with van der Waals surface area (Å²) in [6.45, 7) is 0.847. The Morgan fingerprint density at radius 2 is 2.19 bits per heavy atom. The Bertz CT molecular complexity index is 1280. The summed E-state index contributed by atoms with van der Waals surface area (Å²) in [4.78, 5) is 35.6. The highest BCUT2D eigenvalue weighted by Gasteiger charge is 2.37. The van der Waals surface area contributed by atoms with Crippen molar-refractivity contribution in [3.05, 3.63) is 62.0 Å². The molecule has 2 fully saturated rings. The van der Waals surface area contributed by atoms with Crippen molar-refractivity contribution in [3.8, 4) is 0 Å². The van der Waals surface area contributed by atoms with Gasteiger partial charge in [-0.1, -0.05) is 17.7 Å². The van der Waals surface area contributed by atoms with Crippen molar-refractivity contribution in [3.63, 3.8) is 0 Å². The van der Waals surface area contributed by atoms with E-state index in [9.17, 15) is 19.1 Å². The molecular formula is C24H24ClFN4O6S. The van der Waals surface area contributed by atoms with Crippen LogP contribution in [-0.2, 0) is 19.0 Å². The molecule has 3 heterocycles. The molecule has 2 N–H and O–H groups in total. The molecule has 0 amide bonds. The largest absolute Gasteiger partial charge is 0.507 e. The number of morpholine rings is 1. The third kappa shape index (κ3) is 5.61. The van der Waals surface area contributed by atoms with E-state index in [1.165, 1.54) is 30.6 Å². The number of nitrogens with one attached hydrogen (secondary N) is 1. The van der Waals surface area contributed by atoms with Gasteiger partial charge in [0, 0.05) is 40.7 Å². The van der Waals surface area contributed by atoms with Crippen LogP contribution in [0.25, 0.3) is 0 Å². The Morgan fingerprint density at radius 1 is 1.38 bits per heavy atom. The zero-order valence-electron chi connectivity index (χ0n) is 19.8. The molecule has 1 saturated carbocycles. The Kier molecular flexibility index (Phi) is 7.43. The van der Waals surface area contributed by atoms with Gasteiger partial charge in [0.2, 0.25) is 0 Å². The van der Waals surface area contributed by atoms with Crippen LogP contribution >= 0.6 is 22.9 Å². The van der Waals surface area contributed by atoms with E-state index in [1.54, 1.807) is 4.90 Å². The van der Waals surface area contributed by atoms with Gasteiger partial charge in [-0.3, -0.25) is 9.89 Å². The molecule has 196 valence electrons. The average molecular weight is 551 g/mol. The number of hydrogen-bond acceptors (Lipinski definition) is 10. The van der Waals surface area contributed by atoms with Crippen molar-refractivity contribution in [1.82, 2.24) is 15.2 Å². The normalized spacial score (nSPS) is 22.3. The molecule has 1 aliphatic carbocycles. The predicted octanol–water partition coefficient (Wildman–Crippen LogP) is 3.68. The van der Waals surface area contributed by atoms with Gasteiger partial charge in [-0.05, 0) is 25.0 Å². The maximum absolute atomic E-state index is 13.9. The van der Waals surface area contributed by atoms with Crippen LogP contribution in [0.2, 0.25) is 5.02 Å². The number of methoxy groups -OCH3 is 1. The molecule has 37 heavy (non-hydrogen) atoms. The molecule has 2 aromatic rings. The molecule has 1 aromatic carbocycles. The fourth-order valence-electron chi connectivity index (χ4n) is 4.31. The maximum Gasteiger partial charge on any atom is 0.507 e. The monoisotopic (exact) mass is 550 g/mol. The topological polar surface area (TPSA) is 123 Å². The smallest absolute Gasteiger partial charge is 0.466 e. The fourth-order valence-corrected chi connectivity index (χ4v) is 5.44. The van der Waals surface area contributed by atoms with Gasteiger partial charge in [0.25, 0.3) is 0 Å². The minimum Gasteiger partial charge on any atom is -0.466 e. The van der Waals surface area contributed by atoms with E-state index in [0.29, 0.717) is 41.2 Å². The fraction of sp³-hybridized carbons (Fsp3) is 0.417. The van der Waals surface area contributed by atoms with Gasteiger partial charge in [0.05, 0.1) is 31.6 Å². The third-order valence-electron chi connectivity index (χ3n) is 6.30. The van der Waals surface area contributed by atoms with Gasteiger partial charge in [-0.25, -0.2) is 19.0 Å². The van der Waals surface area contributed by atoms with E-state index in [0.717, 1.165) is 24.6 Å². The first-order valence-corrected chi connectivity index (χ1v) is 12.9. The summed E-state index contributed by atoms with van der Waals surface area (Å²) < 4.78 is 29.4. The van der Waals surface area contributed by atoms with Gasteiger partial charge < -0.3 is 24.6 Å². The van der Waals surface area contributed by atoms with Gasteiger partial charge >= 0.3 is 12.1 Å². The minimum absolute atomic E-state index is 0.0402. The van der Waals surface area contributed by atoms with Crippen molar-refractivity contribution < 1.29 is 33.3 Å². The predicted molar refractivity (Wildman–Crippen MR) is 132 cm³/mol. The molecule has 0 spiro atoms. The quantitative estimate of drug-likeness (QED) is 0.497. The van der Waals surface area contributed by atoms with Gasteiger partial charge in [0.1, 0.15) is 11.9 Å². The lowest BCUT2D eigenvalue weighted by atomic mass is 9.95. The Hall–Kier alpha value is -3.06. The summed E-state index contributed by atoms with van der Waals surface area (Å²) in [5, 5.41) is 15.1. The molecule has 13 heteroatoms. The number of esters is 1. The van der Waals surface area contributed by atoms with Crippen molar-refractivity contribution in [2.45, 2.75) is 31.0 Å². The highest BCUT2D eigenvalue weighted by atomic mass is 35.5. The van der Waals surface area contributed by atoms with Crippen LogP contribution < -0.4 is 5.32 Å². The zero-order chi connectivity index (χ0) is 26.1. The molecular weight excluding hydrogens is 527 g/mol. The highest BCUT2D eigenvalue weighted by Crippen LogP contribution is 2.41. The lowest BCUT2D eigenvalue weighted by Gasteiger charge is -2.36. The number of aromatic nitrogens is 1. The minimum atomic E-state index is -1.44. The van der Waals surface area contributed by atoms with E-state index in [4.69, 9.17) is 35.8 Å². The molecule has 2 atom stereocenters. The standard InChI is InChI=1S/C24H24ClFN4O6S/c1-34-23(31)19-16(9-30-6-7-35-10-18(30)36-24(32)33)27-21(22-28-17(11-37-22)12-2-3-12)29-20(19)14-5-4-13(26)8-15(14)25/h4-5,8,11-12,18,20H,2-3,6-7,9-10H2,1H3,(H,27,29)(H,32,33)/t18-,20-/m0/s1. The van der Waals surface area contributed by atoms with Gasteiger partial charge in [-0.2, -0.15) is 0 Å². The number of rotatable bonds is 7. The highest BCUT2D eigenvalue weighted by molar-refractivity contribution is 7.11. The second-order valence-electron chi connectivity index (χ2n) is 8.79. The van der Waals surface area contributed by atoms with Crippen molar-refractivity contribution in [1.29, 1.82) is 0 Å². The molecule has 3 aliphatic rings. The summed E-state index contributed by atoms with van der Waals surface area (Å²) in [5.74, 6) is -0.308. The SMILES string of the molecule is COC(=O)C1=C(CN2CCOC[C@@H]2OC(=O)O)NC(c2nc(C3CC3)cs2)=N[C@H]1c1ccc(F)cc1Cl. The second kappa shape index (κ2) is 10.7. The third-order valence-corrected chi connectivity index (χ3v) is 7.49. The van der Waals surface area contributed by atoms with E-state index < -0.39 is 30.2 Å². The lowest BCUT2D eigenvalue weighted by molar-refractivity contribution is -0.136. The van der Waals surface area contributed by atoms with E-state index in [-0.39, 0.29) is 23.7 Å². The lowest BCUT2D eigenvalue weighted by Crippen LogP contribution is -2.50. The van der Waals surface area contributed by atoms with E-state index >= 15 is 0 Å². The van der Waals surface area contributed by atoms with E-state index in [1.807, 2.05) is 5.38 Å². The number of halogens is 2. The van der Waals surface area contributed by atoms with E-state index in [2.05, 4.69) is 5.32 Å². The second-order valence-corrected chi connectivity index (χ2v) is 10.1. The number of carbonyl (C=O) groups is 2. The van der Waals surface area contributed by atoms with Crippen LogP contribution in [0.3, 0.4) is 0 Å². The number of benzene rings is 1. The van der Waals surface area contributed by atoms with Crippen LogP contribution in [0, 0.1) is 5.82 Å². The molecule has 1 saturated heterocycles. The van der Waals surface area contributed by atoms with Crippen molar-refractivity contribution in [2.24, 2.45) is 4.99 Å². The summed E-state index contributed by atoms with van der Waals surface area (Å²) >= 11 is 7.84. The number of amidine groups is 1. The molecule has 5 rings (SSSR count). The number of hydrogen-bond donors (Lipinski definition) is 2. The Balaban J connectivity index is 1.58. The summed E-state index contributed by atoms with van der Waals surface area (Å²) in [6.07, 6.45) is -0.128. The van der Waals surface area contributed by atoms with Crippen molar-refractivity contribution in [2.75, 3.05) is 33.4 Å². The van der Waals surface area contributed by atoms with Crippen LogP contribution in [0.15, 0.2) is 39.8 Å². The zero-order valence-corrected chi connectivity index (χ0v) is 21.4. The van der Waals surface area contributed by atoms with Crippen molar-refractivity contribution >= 4 is 40.9 Å². The number of aliphatic imine (C=N–C) groups is 1. The Labute approximate surface area is 220 Å². The first-order valence-electron chi connectivity index (χ1n) is 11.6. The number of ether oxygens (including phenoxy) is 3. The summed E-state index contributed by atoms with van der Waals surface area (Å²) in [5.41, 5.74) is 2.00. The first-order chi connectivity index (χ1) is 17.8. The molecule has 1 aromatic heterocycles. The summed E-state index contributed by atoms with van der Waals surface area (Å²) in [7, 11) is 1.25. The number of carbonyl (C=O) groups excluding carboxylic acids is 1. The molecule has 0 unspecified atom stereocenters. The number of nitrogens with zero attached hydrogens (tertiary/aromatic N) is 3. The molecule has 0 bridgehead atoms. The average Bonchev–Trinajstić information content (AvgIpc) is 3.60. The molecule has 0 radical (unpaired) electrons. The van der Waals surface area contributed by atoms with Gasteiger partial charge in [-0.15, -0.1) is 11.3 Å². The van der Waals surface area contributed by atoms with Crippen LogP contribution in [0.5, 0.6) is 0 Å². The summed E-state index contributed by atoms with van der Waals surface area (Å²) in [6, 6.07) is 2.98. The Morgan fingerprint density at radius 3 is 2.89 bits per heavy atom. The maximum atomic E-state index is 13.9.